The largest absolute Gasteiger partial charge is 0.352 e. The molecule has 0 heterocycles. The summed E-state index contributed by atoms with van der Waals surface area (Å²) in [7, 11) is 0. The lowest BCUT2D eigenvalue weighted by atomic mass is 10.2. The average molecular weight is 247 g/mol. The number of nitrogens with one attached hydrogen (secondary N) is 3. The number of carbonyl (C=O) groups is 2. The van der Waals surface area contributed by atoms with Gasteiger partial charge in [0.25, 0.3) is 0 Å². The zero-order chi connectivity index (χ0) is 12.8. The van der Waals surface area contributed by atoms with Crippen molar-refractivity contribution in [3.8, 4) is 0 Å². The van der Waals surface area contributed by atoms with Gasteiger partial charge < -0.3 is 16.0 Å². The van der Waals surface area contributed by atoms with Gasteiger partial charge in [-0.15, -0.1) is 0 Å². The minimum atomic E-state index is -0.329. The molecule has 0 saturated heterocycles. The molecule has 1 aromatic rings. The lowest BCUT2D eigenvalue weighted by Crippen LogP contribution is -2.42. The van der Waals surface area contributed by atoms with Gasteiger partial charge in [0.05, 0.1) is 6.54 Å². The van der Waals surface area contributed by atoms with Crippen LogP contribution in [-0.4, -0.2) is 24.5 Å². The molecule has 5 heteroatoms. The Balaban J connectivity index is 1.61. The minimum absolute atomic E-state index is 0.0249. The van der Waals surface area contributed by atoms with Gasteiger partial charge in [-0.05, 0) is 18.4 Å². The Hall–Kier alpha value is -2.04. The average Bonchev–Trinajstić information content (AvgIpc) is 3.19. The second-order valence-corrected chi connectivity index (χ2v) is 4.36. The molecule has 0 atom stereocenters. The van der Waals surface area contributed by atoms with Crippen molar-refractivity contribution in [1.29, 1.82) is 0 Å². The molecule has 5 nitrogen and oxygen atoms in total. The van der Waals surface area contributed by atoms with E-state index in [1.807, 2.05) is 30.3 Å². The zero-order valence-electron chi connectivity index (χ0n) is 10.1. The lowest BCUT2D eigenvalue weighted by molar-refractivity contribution is -0.120. The Bertz CT molecular complexity index is 416. The van der Waals surface area contributed by atoms with Gasteiger partial charge in [0.15, 0.2) is 0 Å². The van der Waals surface area contributed by atoms with Crippen LogP contribution in [0.3, 0.4) is 0 Å². The smallest absolute Gasteiger partial charge is 0.315 e. The molecule has 0 aromatic heterocycles. The van der Waals surface area contributed by atoms with Crippen molar-refractivity contribution in [2.24, 2.45) is 0 Å². The highest BCUT2D eigenvalue weighted by Gasteiger charge is 2.22. The highest BCUT2D eigenvalue weighted by molar-refractivity contribution is 5.84. The second kappa shape index (κ2) is 6.05. The Morgan fingerprint density at radius 1 is 1.11 bits per heavy atom. The van der Waals surface area contributed by atoms with Crippen molar-refractivity contribution in [2.75, 3.05) is 6.54 Å². The van der Waals surface area contributed by atoms with Crippen molar-refractivity contribution in [2.45, 2.75) is 25.4 Å². The first kappa shape index (κ1) is 12.4. The normalized spacial score (nSPS) is 13.8. The van der Waals surface area contributed by atoms with Crippen LogP contribution in [0, 0.1) is 0 Å². The van der Waals surface area contributed by atoms with Crippen molar-refractivity contribution in [1.82, 2.24) is 16.0 Å². The first-order chi connectivity index (χ1) is 8.74. The maximum Gasteiger partial charge on any atom is 0.315 e. The standard InChI is InChI=1S/C13H17N3O2/c17-12(16-11-6-7-11)9-15-13(18)14-8-10-4-2-1-3-5-10/h1-5,11H,6-9H2,(H,16,17)(H2,14,15,18). The Labute approximate surface area is 106 Å². The molecule has 0 spiro atoms. The Morgan fingerprint density at radius 3 is 2.50 bits per heavy atom. The summed E-state index contributed by atoms with van der Waals surface area (Å²) in [5.74, 6) is -0.132. The molecule has 2 rings (SSSR count). The zero-order valence-corrected chi connectivity index (χ0v) is 10.1. The fourth-order valence-corrected chi connectivity index (χ4v) is 1.51. The molecular formula is C13H17N3O2. The van der Waals surface area contributed by atoms with Gasteiger partial charge >= 0.3 is 6.03 Å². The molecule has 1 aromatic carbocycles. The molecule has 1 aliphatic carbocycles. The highest BCUT2D eigenvalue weighted by Crippen LogP contribution is 2.18. The number of benzene rings is 1. The molecule has 3 amide bonds. The van der Waals surface area contributed by atoms with Crippen molar-refractivity contribution >= 4 is 11.9 Å². The van der Waals surface area contributed by atoms with Crippen LogP contribution >= 0.6 is 0 Å². The van der Waals surface area contributed by atoms with E-state index in [4.69, 9.17) is 0 Å². The maximum absolute atomic E-state index is 11.4. The molecule has 0 bridgehead atoms. The van der Waals surface area contributed by atoms with Crippen LogP contribution in [-0.2, 0) is 11.3 Å². The van der Waals surface area contributed by atoms with Gasteiger partial charge in [-0.3, -0.25) is 4.79 Å². The first-order valence-electron chi connectivity index (χ1n) is 6.09. The summed E-state index contributed by atoms with van der Waals surface area (Å²) in [6, 6.07) is 9.61. The third kappa shape index (κ3) is 4.45. The second-order valence-electron chi connectivity index (χ2n) is 4.36. The van der Waals surface area contributed by atoms with E-state index in [9.17, 15) is 9.59 Å². The summed E-state index contributed by atoms with van der Waals surface area (Å²) < 4.78 is 0. The summed E-state index contributed by atoms with van der Waals surface area (Å²) >= 11 is 0. The van der Waals surface area contributed by atoms with Crippen LogP contribution in [0.2, 0.25) is 0 Å². The topological polar surface area (TPSA) is 70.2 Å². The predicted octanol–water partition coefficient (Wildman–Crippen LogP) is 0.764. The van der Waals surface area contributed by atoms with Crippen LogP contribution in [0.25, 0.3) is 0 Å². The molecule has 96 valence electrons. The van der Waals surface area contributed by atoms with Crippen LogP contribution in [0.5, 0.6) is 0 Å². The highest BCUT2D eigenvalue weighted by atomic mass is 16.2. The predicted molar refractivity (Wildman–Crippen MR) is 67.8 cm³/mol. The van der Waals surface area contributed by atoms with Crippen LogP contribution < -0.4 is 16.0 Å². The van der Waals surface area contributed by atoms with E-state index in [1.54, 1.807) is 0 Å². The van der Waals surface area contributed by atoms with Gasteiger partial charge in [-0.2, -0.15) is 0 Å². The van der Waals surface area contributed by atoms with E-state index >= 15 is 0 Å². The lowest BCUT2D eigenvalue weighted by Gasteiger charge is -2.07. The molecule has 0 unspecified atom stereocenters. The van der Waals surface area contributed by atoms with Gasteiger partial charge in [0.2, 0.25) is 5.91 Å². The fraction of sp³-hybridized carbons (Fsp3) is 0.385. The van der Waals surface area contributed by atoms with Gasteiger partial charge in [-0.25, -0.2) is 4.79 Å². The minimum Gasteiger partial charge on any atom is -0.352 e. The third-order valence-electron chi connectivity index (χ3n) is 2.65. The Morgan fingerprint density at radius 2 is 1.83 bits per heavy atom. The SMILES string of the molecule is O=C(CNC(=O)NCc1ccccc1)NC1CC1. The van der Waals surface area contributed by atoms with Crippen LogP contribution in [0.15, 0.2) is 30.3 Å². The van der Waals surface area contributed by atoms with E-state index in [1.165, 1.54) is 0 Å². The van der Waals surface area contributed by atoms with Crippen LogP contribution in [0.4, 0.5) is 4.79 Å². The summed E-state index contributed by atoms with van der Waals surface area (Å²) in [5, 5.41) is 8.02. The summed E-state index contributed by atoms with van der Waals surface area (Å²) in [4.78, 5) is 22.7. The van der Waals surface area contributed by atoms with Crippen molar-refractivity contribution in [3.05, 3.63) is 35.9 Å². The first-order valence-corrected chi connectivity index (χ1v) is 6.09. The molecule has 3 N–H and O–H groups in total. The molecular weight excluding hydrogens is 230 g/mol. The molecule has 1 aliphatic rings. The molecule has 1 saturated carbocycles. The third-order valence-corrected chi connectivity index (χ3v) is 2.65. The van der Waals surface area contributed by atoms with Gasteiger partial charge in [0, 0.05) is 12.6 Å². The Kier molecular flexibility index (Phi) is 4.17. The number of amides is 3. The maximum atomic E-state index is 11.4. The fourth-order valence-electron chi connectivity index (χ4n) is 1.51. The number of carbonyl (C=O) groups excluding carboxylic acids is 2. The summed E-state index contributed by atoms with van der Waals surface area (Å²) in [6.45, 7) is 0.480. The van der Waals surface area contributed by atoms with E-state index in [0.717, 1.165) is 18.4 Å². The van der Waals surface area contributed by atoms with Crippen LogP contribution in [0.1, 0.15) is 18.4 Å². The molecule has 1 fully saturated rings. The summed E-state index contributed by atoms with van der Waals surface area (Å²) in [6.07, 6.45) is 2.10. The molecule has 18 heavy (non-hydrogen) atoms. The molecule has 0 aliphatic heterocycles. The number of urea groups is 1. The number of hydrogen-bond acceptors (Lipinski definition) is 2. The van der Waals surface area contributed by atoms with E-state index in [0.29, 0.717) is 12.6 Å². The number of hydrogen-bond donors (Lipinski definition) is 3. The van der Waals surface area contributed by atoms with Crippen molar-refractivity contribution < 1.29 is 9.59 Å². The quantitative estimate of drug-likeness (QED) is 0.719. The van der Waals surface area contributed by atoms with Gasteiger partial charge in [-0.1, -0.05) is 30.3 Å². The van der Waals surface area contributed by atoms with E-state index in [2.05, 4.69) is 16.0 Å². The van der Waals surface area contributed by atoms with Crippen molar-refractivity contribution in [3.63, 3.8) is 0 Å². The monoisotopic (exact) mass is 247 g/mol. The molecule has 0 radical (unpaired) electrons. The van der Waals surface area contributed by atoms with E-state index in [-0.39, 0.29) is 18.5 Å². The number of rotatable bonds is 5. The van der Waals surface area contributed by atoms with E-state index < -0.39 is 0 Å². The summed E-state index contributed by atoms with van der Waals surface area (Å²) in [5.41, 5.74) is 1.02. The van der Waals surface area contributed by atoms with Gasteiger partial charge in [0.1, 0.15) is 0 Å².